The van der Waals surface area contributed by atoms with E-state index in [0.717, 1.165) is 5.56 Å². The number of thioether (sulfide) groups is 1. The van der Waals surface area contributed by atoms with Gasteiger partial charge in [-0.3, -0.25) is 9.59 Å². The van der Waals surface area contributed by atoms with Gasteiger partial charge >= 0.3 is 5.97 Å². The van der Waals surface area contributed by atoms with Crippen LogP contribution in [0.4, 0.5) is 5.69 Å². The van der Waals surface area contributed by atoms with Gasteiger partial charge in [-0.05, 0) is 51.1 Å². The lowest BCUT2D eigenvalue weighted by Gasteiger charge is -2.15. The molecule has 3 rings (SSSR count). The third-order valence-corrected chi connectivity index (χ3v) is 5.80. The Morgan fingerprint density at radius 3 is 2.48 bits per heavy atom. The molecule has 3 N–H and O–H groups in total. The molecule has 0 radical (unpaired) electrons. The highest BCUT2D eigenvalue weighted by atomic mass is 32.2. The second-order valence-electron chi connectivity index (χ2n) is 7.37. The zero-order valence-electron chi connectivity index (χ0n) is 18.5. The summed E-state index contributed by atoms with van der Waals surface area (Å²) in [5.41, 5.74) is 2.14. The largest absolute Gasteiger partial charge is 0.478 e. The molecule has 2 aromatic carbocycles. The lowest BCUT2D eigenvalue weighted by atomic mass is 10.1. The van der Waals surface area contributed by atoms with Gasteiger partial charge < -0.3 is 20.3 Å². The number of anilines is 1. The van der Waals surface area contributed by atoms with E-state index in [-0.39, 0.29) is 29.2 Å². The molecule has 172 valence electrons. The number of aryl methyl sites for hydroxylation is 1. The van der Waals surface area contributed by atoms with Crippen molar-refractivity contribution in [3.8, 4) is 0 Å². The first-order chi connectivity index (χ1) is 15.8. The number of aromatic nitrogens is 3. The Labute approximate surface area is 195 Å². The zero-order valence-corrected chi connectivity index (χ0v) is 19.3. The lowest BCUT2D eigenvalue weighted by molar-refractivity contribution is -0.113. The number of rotatable bonds is 9. The SMILES string of the molecule is CCn1c(SCC(=O)Nc2cccc(C(=O)O)c2)nnc1[C@@H](C)NC(=O)c1ccc(C)cc1. The zero-order chi connectivity index (χ0) is 24.0. The van der Waals surface area contributed by atoms with Crippen LogP contribution >= 0.6 is 11.8 Å². The molecule has 9 nitrogen and oxygen atoms in total. The molecule has 0 unspecified atom stereocenters. The van der Waals surface area contributed by atoms with E-state index in [1.165, 1.54) is 23.9 Å². The lowest BCUT2D eigenvalue weighted by Crippen LogP contribution is -2.28. The Hall–Kier alpha value is -3.66. The van der Waals surface area contributed by atoms with Crippen molar-refractivity contribution in [3.05, 3.63) is 71.0 Å². The molecule has 0 saturated heterocycles. The minimum atomic E-state index is -1.06. The molecule has 2 amide bonds. The number of carboxylic acids is 1. The Bertz CT molecular complexity index is 1160. The number of nitrogens with zero attached hydrogens (tertiary/aromatic N) is 3. The third kappa shape index (κ3) is 6.19. The second kappa shape index (κ2) is 10.8. The molecule has 3 aromatic rings. The summed E-state index contributed by atoms with van der Waals surface area (Å²) in [7, 11) is 0. The summed E-state index contributed by atoms with van der Waals surface area (Å²) in [4.78, 5) is 36.0. The van der Waals surface area contributed by atoms with Gasteiger partial charge in [-0.1, -0.05) is 35.5 Å². The number of carboxylic acid groups (broad SMARTS) is 1. The number of benzene rings is 2. The second-order valence-corrected chi connectivity index (χ2v) is 8.31. The van der Waals surface area contributed by atoms with Crippen LogP contribution in [0.1, 0.15) is 52.0 Å². The molecule has 1 aromatic heterocycles. The highest BCUT2D eigenvalue weighted by Gasteiger charge is 2.20. The van der Waals surface area contributed by atoms with Crippen molar-refractivity contribution in [1.82, 2.24) is 20.1 Å². The van der Waals surface area contributed by atoms with E-state index in [1.54, 1.807) is 24.3 Å². The van der Waals surface area contributed by atoms with E-state index in [0.29, 0.717) is 28.8 Å². The van der Waals surface area contributed by atoms with Crippen molar-refractivity contribution in [1.29, 1.82) is 0 Å². The fourth-order valence-electron chi connectivity index (χ4n) is 3.13. The fraction of sp³-hybridized carbons (Fsp3) is 0.261. The van der Waals surface area contributed by atoms with Gasteiger partial charge in [0.25, 0.3) is 5.91 Å². The molecular weight excluding hydrogens is 442 g/mol. The van der Waals surface area contributed by atoms with Gasteiger partial charge in [-0.15, -0.1) is 10.2 Å². The van der Waals surface area contributed by atoms with Crippen molar-refractivity contribution >= 4 is 35.2 Å². The molecule has 0 aliphatic carbocycles. The monoisotopic (exact) mass is 467 g/mol. The van der Waals surface area contributed by atoms with E-state index in [4.69, 9.17) is 5.11 Å². The van der Waals surface area contributed by atoms with Gasteiger partial charge in [0.05, 0.1) is 17.4 Å². The van der Waals surface area contributed by atoms with Crippen LogP contribution in [-0.2, 0) is 11.3 Å². The molecule has 0 spiro atoms. The van der Waals surface area contributed by atoms with Crippen LogP contribution in [-0.4, -0.2) is 43.4 Å². The molecule has 33 heavy (non-hydrogen) atoms. The first kappa shape index (κ1) is 24.0. The Morgan fingerprint density at radius 1 is 1.09 bits per heavy atom. The number of carbonyl (C=O) groups excluding carboxylic acids is 2. The van der Waals surface area contributed by atoms with Crippen LogP contribution < -0.4 is 10.6 Å². The quantitative estimate of drug-likeness (QED) is 0.411. The predicted octanol–water partition coefficient (Wildman–Crippen LogP) is 3.53. The number of hydrogen-bond donors (Lipinski definition) is 3. The fourth-order valence-corrected chi connectivity index (χ4v) is 3.94. The average molecular weight is 468 g/mol. The summed E-state index contributed by atoms with van der Waals surface area (Å²) in [6, 6.07) is 13.0. The van der Waals surface area contributed by atoms with Gasteiger partial charge in [0.1, 0.15) is 0 Å². The average Bonchev–Trinajstić information content (AvgIpc) is 3.21. The molecular formula is C23H25N5O4S. The smallest absolute Gasteiger partial charge is 0.335 e. The van der Waals surface area contributed by atoms with E-state index < -0.39 is 5.97 Å². The molecule has 0 saturated carbocycles. The molecule has 0 fully saturated rings. The first-order valence-electron chi connectivity index (χ1n) is 10.3. The van der Waals surface area contributed by atoms with Crippen molar-refractivity contribution in [2.45, 2.75) is 38.5 Å². The molecule has 10 heteroatoms. The van der Waals surface area contributed by atoms with Crippen LogP contribution in [0.25, 0.3) is 0 Å². The number of aromatic carboxylic acids is 1. The first-order valence-corrected chi connectivity index (χ1v) is 11.3. The maximum atomic E-state index is 12.5. The number of nitrogens with one attached hydrogen (secondary N) is 2. The maximum absolute atomic E-state index is 12.5. The topological polar surface area (TPSA) is 126 Å². The molecule has 0 aliphatic heterocycles. The molecule has 0 aliphatic rings. The van der Waals surface area contributed by atoms with Gasteiger partial charge in [0.2, 0.25) is 5.91 Å². The molecule has 1 atom stereocenters. The van der Waals surface area contributed by atoms with Crippen molar-refractivity contribution in [3.63, 3.8) is 0 Å². The highest BCUT2D eigenvalue weighted by molar-refractivity contribution is 7.99. The Balaban J connectivity index is 1.62. The molecule has 1 heterocycles. The van der Waals surface area contributed by atoms with Gasteiger partial charge in [0.15, 0.2) is 11.0 Å². The van der Waals surface area contributed by atoms with Crippen molar-refractivity contribution in [2.24, 2.45) is 0 Å². The summed E-state index contributed by atoms with van der Waals surface area (Å²) >= 11 is 1.21. The summed E-state index contributed by atoms with van der Waals surface area (Å²) < 4.78 is 1.85. The minimum absolute atomic E-state index is 0.0690. The standard InChI is InChI=1S/C23H25N5O4S/c1-4-28-20(15(3)24-21(30)16-10-8-14(2)9-11-16)26-27-23(28)33-13-19(29)25-18-7-5-6-17(12-18)22(31)32/h5-12,15H,4,13H2,1-3H3,(H,24,30)(H,25,29)(H,31,32)/t15-/m1/s1. The van der Waals surface area contributed by atoms with E-state index >= 15 is 0 Å². The Kier molecular flexibility index (Phi) is 7.83. The van der Waals surface area contributed by atoms with Crippen molar-refractivity contribution in [2.75, 3.05) is 11.1 Å². The summed E-state index contributed by atoms with van der Waals surface area (Å²) in [6.45, 7) is 6.29. The Morgan fingerprint density at radius 2 is 1.82 bits per heavy atom. The maximum Gasteiger partial charge on any atom is 0.335 e. The summed E-state index contributed by atoms with van der Waals surface area (Å²) in [5.74, 6) is -0.900. The minimum Gasteiger partial charge on any atom is -0.478 e. The van der Waals surface area contributed by atoms with Gasteiger partial charge in [-0.2, -0.15) is 0 Å². The third-order valence-electron chi connectivity index (χ3n) is 4.84. The van der Waals surface area contributed by atoms with Gasteiger partial charge in [-0.25, -0.2) is 4.79 Å². The number of carbonyl (C=O) groups is 3. The van der Waals surface area contributed by atoms with E-state index in [9.17, 15) is 14.4 Å². The van der Waals surface area contributed by atoms with Gasteiger partial charge in [0, 0.05) is 17.8 Å². The van der Waals surface area contributed by atoms with Crippen LogP contribution in [0.15, 0.2) is 53.7 Å². The van der Waals surface area contributed by atoms with E-state index in [2.05, 4.69) is 20.8 Å². The van der Waals surface area contributed by atoms with Crippen LogP contribution in [0, 0.1) is 6.92 Å². The highest BCUT2D eigenvalue weighted by Crippen LogP contribution is 2.21. The number of hydrogen-bond acceptors (Lipinski definition) is 6. The predicted molar refractivity (Wildman–Crippen MR) is 126 cm³/mol. The van der Waals surface area contributed by atoms with Crippen LogP contribution in [0.3, 0.4) is 0 Å². The summed E-state index contributed by atoms with van der Waals surface area (Å²) in [6.07, 6.45) is 0. The molecule has 0 bridgehead atoms. The normalized spacial score (nSPS) is 11.6. The van der Waals surface area contributed by atoms with E-state index in [1.807, 2.05) is 37.5 Å². The van der Waals surface area contributed by atoms with Crippen LogP contribution in [0.5, 0.6) is 0 Å². The van der Waals surface area contributed by atoms with Crippen molar-refractivity contribution < 1.29 is 19.5 Å². The van der Waals surface area contributed by atoms with Crippen LogP contribution in [0.2, 0.25) is 0 Å². The number of amides is 2. The summed E-state index contributed by atoms with van der Waals surface area (Å²) in [5, 5.41) is 23.6.